The number of aromatic nitrogens is 2. The summed E-state index contributed by atoms with van der Waals surface area (Å²) >= 11 is 0. The van der Waals surface area contributed by atoms with Gasteiger partial charge in [-0.25, -0.2) is 4.98 Å². The molecule has 1 aromatic heterocycles. The van der Waals surface area contributed by atoms with Gasteiger partial charge in [0.1, 0.15) is 0 Å². The fourth-order valence-corrected chi connectivity index (χ4v) is 3.12. The number of benzene rings is 2. The van der Waals surface area contributed by atoms with Crippen molar-refractivity contribution in [2.24, 2.45) is 0 Å². The minimum atomic E-state index is -0.105. The smallest absolute Gasteiger partial charge is 0.261 e. The van der Waals surface area contributed by atoms with Crippen molar-refractivity contribution >= 4 is 16.8 Å². The third-order valence-corrected chi connectivity index (χ3v) is 4.94. The number of aryl methyl sites for hydroxylation is 1. The number of nitrogens with zero attached hydrogens (tertiary/aromatic N) is 3. The Morgan fingerprint density at radius 3 is 2.56 bits per heavy atom. The molecule has 0 aliphatic carbocycles. The largest absolute Gasteiger partial charge is 0.336 e. The van der Waals surface area contributed by atoms with Crippen LogP contribution in [0.25, 0.3) is 10.9 Å². The molecule has 0 fully saturated rings. The first-order chi connectivity index (χ1) is 13.1. The molecule has 1 heterocycles. The lowest BCUT2D eigenvalue weighted by Crippen LogP contribution is -2.38. The third kappa shape index (κ3) is 4.42. The van der Waals surface area contributed by atoms with E-state index in [9.17, 15) is 9.59 Å². The second kappa shape index (κ2) is 8.62. The van der Waals surface area contributed by atoms with Gasteiger partial charge in [0, 0.05) is 25.6 Å². The predicted octanol–water partition coefficient (Wildman–Crippen LogP) is 3.61. The summed E-state index contributed by atoms with van der Waals surface area (Å²) in [4.78, 5) is 31.7. The molecule has 3 aromatic rings. The normalized spacial score (nSPS) is 12.1. The molecule has 0 radical (unpaired) electrons. The van der Waals surface area contributed by atoms with E-state index < -0.39 is 0 Å². The minimum Gasteiger partial charge on any atom is -0.336 e. The average Bonchev–Trinajstić information content (AvgIpc) is 2.71. The van der Waals surface area contributed by atoms with E-state index in [1.54, 1.807) is 6.07 Å². The highest BCUT2D eigenvalue weighted by molar-refractivity contribution is 5.77. The molecular formula is C22H25N3O2. The molecule has 0 N–H and O–H groups in total. The van der Waals surface area contributed by atoms with Crippen LogP contribution in [-0.2, 0) is 17.9 Å². The predicted molar refractivity (Wildman–Crippen MR) is 107 cm³/mol. The lowest BCUT2D eigenvalue weighted by molar-refractivity contribution is -0.134. The minimum absolute atomic E-state index is 0.0493. The van der Waals surface area contributed by atoms with Crippen LogP contribution in [0.5, 0.6) is 0 Å². The fourth-order valence-electron chi connectivity index (χ4n) is 3.12. The maximum absolute atomic E-state index is 12.9. The summed E-state index contributed by atoms with van der Waals surface area (Å²) < 4.78 is 1.53. The molecule has 0 saturated heterocycles. The van der Waals surface area contributed by atoms with Gasteiger partial charge in [0.15, 0.2) is 0 Å². The zero-order valence-electron chi connectivity index (χ0n) is 15.8. The maximum Gasteiger partial charge on any atom is 0.261 e. The van der Waals surface area contributed by atoms with Crippen LogP contribution in [0.3, 0.4) is 0 Å². The highest BCUT2D eigenvalue weighted by atomic mass is 16.2. The third-order valence-electron chi connectivity index (χ3n) is 4.94. The number of rotatable bonds is 7. The van der Waals surface area contributed by atoms with Gasteiger partial charge >= 0.3 is 0 Å². The van der Waals surface area contributed by atoms with E-state index >= 15 is 0 Å². The summed E-state index contributed by atoms with van der Waals surface area (Å²) in [7, 11) is 0. The van der Waals surface area contributed by atoms with Gasteiger partial charge in [-0.3, -0.25) is 14.2 Å². The first kappa shape index (κ1) is 18.8. The topological polar surface area (TPSA) is 55.2 Å². The number of fused-ring (bicyclic) bond motifs is 1. The second-order valence-electron chi connectivity index (χ2n) is 6.77. The zero-order chi connectivity index (χ0) is 19.2. The molecular weight excluding hydrogens is 338 g/mol. The Morgan fingerprint density at radius 2 is 1.81 bits per heavy atom. The van der Waals surface area contributed by atoms with E-state index in [1.165, 1.54) is 10.9 Å². The first-order valence-corrected chi connectivity index (χ1v) is 9.37. The standard InChI is InChI=1S/C22H25N3O2/c1-3-17(2)25(15-18-9-5-4-6-10-18)21(26)13-14-24-16-23-20-12-8-7-11-19(20)22(24)27/h4-12,16-17H,3,13-15H2,1-2H3. The molecule has 0 saturated carbocycles. The van der Waals surface area contributed by atoms with E-state index in [4.69, 9.17) is 0 Å². The molecule has 0 aliphatic heterocycles. The van der Waals surface area contributed by atoms with E-state index in [0.29, 0.717) is 24.0 Å². The Labute approximate surface area is 159 Å². The molecule has 1 amide bonds. The molecule has 5 nitrogen and oxygen atoms in total. The molecule has 1 unspecified atom stereocenters. The summed E-state index contributed by atoms with van der Waals surface area (Å²) in [6.45, 7) is 5.05. The summed E-state index contributed by atoms with van der Waals surface area (Å²) in [6, 6.07) is 17.4. The number of hydrogen-bond donors (Lipinski definition) is 0. The maximum atomic E-state index is 12.9. The van der Waals surface area contributed by atoms with Gasteiger partial charge in [-0.05, 0) is 31.0 Å². The Hall–Kier alpha value is -2.95. The van der Waals surface area contributed by atoms with Crippen LogP contribution in [0, 0.1) is 0 Å². The average molecular weight is 363 g/mol. The quantitative estimate of drug-likeness (QED) is 0.644. The van der Waals surface area contributed by atoms with Crippen molar-refractivity contribution in [3.05, 3.63) is 76.8 Å². The highest BCUT2D eigenvalue weighted by Gasteiger charge is 2.19. The van der Waals surface area contributed by atoms with Crippen LogP contribution in [0.15, 0.2) is 65.7 Å². The van der Waals surface area contributed by atoms with E-state index in [2.05, 4.69) is 18.8 Å². The van der Waals surface area contributed by atoms with Gasteiger partial charge in [-0.2, -0.15) is 0 Å². The van der Waals surface area contributed by atoms with E-state index in [0.717, 1.165) is 12.0 Å². The van der Waals surface area contributed by atoms with Crippen LogP contribution < -0.4 is 5.56 Å². The monoisotopic (exact) mass is 363 g/mol. The molecule has 0 aliphatic rings. The lowest BCUT2D eigenvalue weighted by atomic mass is 10.1. The summed E-state index contributed by atoms with van der Waals surface area (Å²) in [5.41, 5.74) is 1.68. The van der Waals surface area contributed by atoms with E-state index in [-0.39, 0.29) is 23.9 Å². The van der Waals surface area contributed by atoms with Gasteiger partial charge < -0.3 is 4.90 Å². The number of carbonyl (C=O) groups is 1. The fraction of sp³-hybridized carbons (Fsp3) is 0.318. The summed E-state index contributed by atoms with van der Waals surface area (Å²) in [5, 5.41) is 0.579. The number of para-hydroxylation sites is 1. The molecule has 3 rings (SSSR count). The van der Waals surface area contributed by atoms with Crippen LogP contribution in [-0.4, -0.2) is 26.4 Å². The van der Waals surface area contributed by atoms with Crippen LogP contribution in [0.2, 0.25) is 0 Å². The summed E-state index contributed by atoms with van der Waals surface area (Å²) in [6.07, 6.45) is 2.69. The van der Waals surface area contributed by atoms with Crippen molar-refractivity contribution in [1.82, 2.24) is 14.5 Å². The van der Waals surface area contributed by atoms with Gasteiger partial charge in [0.25, 0.3) is 5.56 Å². The van der Waals surface area contributed by atoms with Gasteiger partial charge in [-0.15, -0.1) is 0 Å². The summed E-state index contributed by atoms with van der Waals surface area (Å²) in [5.74, 6) is 0.0493. The van der Waals surface area contributed by atoms with Crippen molar-refractivity contribution in [2.75, 3.05) is 0 Å². The van der Waals surface area contributed by atoms with Crippen molar-refractivity contribution < 1.29 is 4.79 Å². The number of hydrogen-bond acceptors (Lipinski definition) is 3. The Morgan fingerprint density at radius 1 is 1.11 bits per heavy atom. The Kier molecular flexibility index (Phi) is 6.01. The number of amides is 1. The Balaban J connectivity index is 1.74. The molecule has 1 atom stereocenters. The van der Waals surface area contributed by atoms with Crippen molar-refractivity contribution in [2.45, 2.75) is 45.8 Å². The SMILES string of the molecule is CCC(C)N(Cc1ccccc1)C(=O)CCn1cnc2ccccc2c1=O. The molecule has 0 bridgehead atoms. The molecule has 27 heavy (non-hydrogen) atoms. The molecule has 5 heteroatoms. The Bertz CT molecular complexity index is 966. The van der Waals surface area contributed by atoms with Crippen LogP contribution in [0.1, 0.15) is 32.3 Å². The second-order valence-corrected chi connectivity index (χ2v) is 6.77. The zero-order valence-corrected chi connectivity index (χ0v) is 15.8. The first-order valence-electron chi connectivity index (χ1n) is 9.37. The van der Waals surface area contributed by atoms with Crippen LogP contribution in [0.4, 0.5) is 0 Å². The molecule has 0 spiro atoms. The van der Waals surface area contributed by atoms with Crippen LogP contribution >= 0.6 is 0 Å². The highest BCUT2D eigenvalue weighted by Crippen LogP contribution is 2.13. The number of carbonyl (C=O) groups excluding carboxylic acids is 1. The van der Waals surface area contributed by atoms with E-state index in [1.807, 2.05) is 53.4 Å². The van der Waals surface area contributed by atoms with Crippen molar-refractivity contribution in [1.29, 1.82) is 0 Å². The van der Waals surface area contributed by atoms with Gasteiger partial charge in [0.2, 0.25) is 5.91 Å². The van der Waals surface area contributed by atoms with Crippen molar-refractivity contribution in [3.8, 4) is 0 Å². The van der Waals surface area contributed by atoms with Gasteiger partial charge in [0.05, 0.1) is 17.2 Å². The lowest BCUT2D eigenvalue weighted by Gasteiger charge is -2.29. The van der Waals surface area contributed by atoms with Gasteiger partial charge in [-0.1, -0.05) is 49.4 Å². The molecule has 140 valence electrons. The van der Waals surface area contributed by atoms with Crippen molar-refractivity contribution in [3.63, 3.8) is 0 Å². The molecule has 2 aromatic carbocycles.